The average Bonchev–Trinajstić information content (AvgIpc) is 3.03. The van der Waals surface area contributed by atoms with Crippen LogP contribution in [0.15, 0.2) is 70.0 Å². The highest BCUT2D eigenvalue weighted by atomic mass is 79.9. The minimum Gasteiger partial charge on any atom is -0.258 e. The topological polar surface area (TPSA) is 30.0 Å². The zero-order valence-electron chi connectivity index (χ0n) is 11.7. The molecule has 0 aliphatic carbocycles. The minimum atomic E-state index is -1.07. The van der Waals surface area contributed by atoms with Gasteiger partial charge in [-0.25, -0.2) is 4.98 Å². The normalized spacial score (nSPS) is 13.7. The average molecular weight is 392 g/mol. The Labute approximate surface area is 144 Å². The third-order valence-corrected chi connectivity index (χ3v) is 6.13. The Hall–Kier alpha value is -1.30. The van der Waals surface area contributed by atoms with Gasteiger partial charge in [0.25, 0.3) is 0 Å². The summed E-state index contributed by atoms with van der Waals surface area (Å²) in [4.78, 5) is 4.26. The largest absolute Gasteiger partial charge is 0.258 e. The van der Waals surface area contributed by atoms with Crippen LogP contribution in [0.5, 0.6) is 0 Å². The van der Waals surface area contributed by atoms with Crippen molar-refractivity contribution >= 4 is 38.1 Å². The number of rotatable bonds is 5. The monoisotopic (exact) mass is 391 g/mol. The Balaban J connectivity index is 1.95. The van der Waals surface area contributed by atoms with Gasteiger partial charge < -0.3 is 0 Å². The van der Waals surface area contributed by atoms with E-state index in [1.165, 1.54) is 11.3 Å². The van der Waals surface area contributed by atoms with Crippen LogP contribution in [0.4, 0.5) is 0 Å². The molecule has 22 heavy (non-hydrogen) atoms. The number of halogens is 1. The van der Waals surface area contributed by atoms with E-state index < -0.39 is 10.8 Å². The van der Waals surface area contributed by atoms with Gasteiger partial charge in [-0.3, -0.25) is 4.21 Å². The smallest absolute Gasteiger partial charge is 0.0850 e. The van der Waals surface area contributed by atoms with Crippen LogP contribution < -0.4 is 0 Å². The third-order valence-electron chi connectivity index (χ3n) is 3.31. The molecule has 2 nitrogen and oxygen atoms in total. The second-order valence-corrected chi connectivity index (χ2v) is 8.00. The van der Waals surface area contributed by atoms with Gasteiger partial charge in [-0.1, -0.05) is 58.4 Å². The van der Waals surface area contributed by atoms with Gasteiger partial charge in [0.1, 0.15) is 0 Å². The Morgan fingerprint density at radius 1 is 1.05 bits per heavy atom. The van der Waals surface area contributed by atoms with Gasteiger partial charge in [-0.2, -0.15) is 0 Å². The van der Waals surface area contributed by atoms with Crippen molar-refractivity contribution in [1.29, 1.82) is 0 Å². The first-order valence-corrected chi connectivity index (χ1v) is 9.90. The molecule has 0 spiro atoms. The predicted molar refractivity (Wildman–Crippen MR) is 96.4 cm³/mol. The van der Waals surface area contributed by atoms with Crippen LogP contribution in [-0.4, -0.2) is 9.19 Å². The number of nitrogens with zero attached hydrogens (tertiary/aromatic N) is 1. The lowest BCUT2D eigenvalue weighted by Gasteiger charge is -2.17. The van der Waals surface area contributed by atoms with Crippen molar-refractivity contribution < 1.29 is 4.21 Å². The molecule has 0 fully saturated rings. The van der Waals surface area contributed by atoms with E-state index in [1.54, 1.807) is 5.51 Å². The molecular weight excluding hydrogens is 378 g/mol. The van der Waals surface area contributed by atoms with E-state index in [0.717, 1.165) is 21.3 Å². The van der Waals surface area contributed by atoms with Gasteiger partial charge in [0.2, 0.25) is 0 Å². The first-order chi connectivity index (χ1) is 10.7. The van der Waals surface area contributed by atoms with Crippen molar-refractivity contribution in [1.82, 2.24) is 4.98 Å². The maximum absolute atomic E-state index is 13.0. The highest BCUT2D eigenvalue weighted by molar-refractivity contribution is 9.10. The van der Waals surface area contributed by atoms with E-state index in [1.807, 2.05) is 60.0 Å². The molecule has 3 rings (SSSR count). The molecule has 2 atom stereocenters. The summed E-state index contributed by atoms with van der Waals surface area (Å²) in [7, 11) is -1.07. The van der Waals surface area contributed by atoms with E-state index >= 15 is 0 Å². The molecule has 5 heteroatoms. The van der Waals surface area contributed by atoms with Gasteiger partial charge in [0, 0.05) is 20.7 Å². The molecule has 0 N–H and O–H groups in total. The molecule has 0 aliphatic heterocycles. The predicted octanol–water partition coefficient (Wildman–Crippen LogP) is 4.94. The van der Waals surface area contributed by atoms with Crippen LogP contribution in [-0.2, 0) is 16.6 Å². The quantitative estimate of drug-likeness (QED) is 0.615. The summed E-state index contributed by atoms with van der Waals surface area (Å²) in [6.45, 7) is 0. The van der Waals surface area contributed by atoms with Crippen LogP contribution in [0.1, 0.15) is 22.1 Å². The van der Waals surface area contributed by atoms with Crippen molar-refractivity contribution in [2.45, 2.75) is 11.0 Å². The number of hydrogen-bond donors (Lipinski definition) is 0. The molecule has 1 heterocycles. The van der Waals surface area contributed by atoms with Crippen LogP contribution in [0.3, 0.4) is 0 Å². The Morgan fingerprint density at radius 3 is 2.36 bits per heavy atom. The molecule has 0 saturated carbocycles. The third kappa shape index (κ3) is 3.72. The maximum atomic E-state index is 13.0. The van der Waals surface area contributed by atoms with E-state index in [4.69, 9.17) is 0 Å². The van der Waals surface area contributed by atoms with Crippen molar-refractivity contribution in [3.05, 3.63) is 86.8 Å². The van der Waals surface area contributed by atoms with Gasteiger partial charge in [0.05, 0.1) is 22.2 Å². The molecule has 0 bridgehead atoms. The van der Waals surface area contributed by atoms with Gasteiger partial charge in [0.15, 0.2) is 0 Å². The molecule has 1 aromatic heterocycles. The molecule has 0 amide bonds. The Morgan fingerprint density at radius 2 is 1.73 bits per heavy atom. The molecule has 0 saturated heterocycles. The lowest BCUT2D eigenvalue weighted by molar-refractivity contribution is 0.677. The summed E-state index contributed by atoms with van der Waals surface area (Å²) in [5.41, 5.74) is 4.80. The number of thiazole rings is 1. The molecule has 3 aromatic rings. The van der Waals surface area contributed by atoms with Gasteiger partial charge in [-0.05, 0) is 23.3 Å². The Kier molecular flexibility index (Phi) is 5.18. The number of benzene rings is 2. The SMILES string of the molecule is O=[S@](Cc1cscn1)[C@@H](c1ccccc1)c1ccc(Br)cc1. The molecule has 0 aliphatic rings. The van der Waals surface area contributed by atoms with Crippen LogP contribution in [0.25, 0.3) is 0 Å². The molecule has 0 unspecified atom stereocenters. The summed E-state index contributed by atoms with van der Waals surface area (Å²) < 4.78 is 14.0. The lowest BCUT2D eigenvalue weighted by atomic mass is 10.0. The second-order valence-electron chi connectivity index (χ2n) is 4.85. The van der Waals surface area contributed by atoms with Gasteiger partial charge >= 0.3 is 0 Å². The lowest BCUT2D eigenvalue weighted by Crippen LogP contribution is -2.10. The van der Waals surface area contributed by atoms with E-state index in [-0.39, 0.29) is 5.25 Å². The summed E-state index contributed by atoms with van der Waals surface area (Å²) >= 11 is 4.99. The van der Waals surface area contributed by atoms with E-state index in [2.05, 4.69) is 20.9 Å². The van der Waals surface area contributed by atoms with Crippen LogP contribution in [0, 0.1) is 0 Å². The zero-order valence-corrected chi connectivity index (χ0v) is 14.9. The van der Waals surface area contributed by atoms with Crippen LogP contribution >= 0.6 is 27.3 Å². The van der Waals surface area contributed by atoms with Crippen molar-refractivity contribution in [2.24, 2.45) is 0 Å². The number of aromatic nitrogens is 1. The summed E-state index contributed by atoms with van der Waals surface area (Å²) in [6.07, 6.45) is 0. The summed E-state index contributed by atoms with van der Waals surface area (Å²) in [6, 6.07) is 18.1. The highest BCUT2D eigenvalue weighted by Crippen LogP contribution is 2.30. The summed E-state index contributed by atoms with van der Waals surface area (Å²) in [5.74, 6) is 0.471. The highest BCUT2D eigenvalue weighted by Gasteiger charge is 2.21. The second kappa shape index (κ2) is 7.31. The molecule has 112 valence electrons. The van der Waals surface area contributed by atoms with Crippen molar-refractivity contribution in [2.75, 3.05) is 0 Å². The molecule has 0 radical (unpaired) electrons. The fourth-order valence-electron chi connectivity index (χ4n) is 2.30. The molecular formula is C17H14BrNOS2. The first kappa shape index (κ1) is 15.6. The van der Waals surface area contributed by atoms with Crippen molar-refractivity contribution in [3.8, 4) is 0 Å². The maximum Gasteiger partial charge on any atom is 0.0850 e. The fraction of sp³-hybridized carbons (Fsp3) is 0.118. The standard InChI is InChI=1S/C17H14BrNOS2/c18-15-8-6-14(7-9-15)17(13-4-2-1-3-5-13)22(20)11-16-10-21-12-19-16/h1-10,12,17H,11H2/t17-,22+/m0/s1. The Bertz CT molecular complexity index is 742. The van der Waals surface area contributed by atoms with E-state index in [9.17, 15) is 4.21 Å². The zero-order chi connectivity index (χ0) is 15.4. The molecule has 2 aromatic carbocycles. The van der Waals surface area contributed by atoms with Gasteiger partial charge in [-0.15, -0.1) is 11.3 Å². The first-order valence-electron chi connectivity index (χ1n) is 6.78. The number of hydrogen-bond acceptors (Lipinski definition) is 3. The minimum absolute atomic E-state index is 0.143. The fourth-order valence-corrected chi connectivity index (χ4v) is 4.76. The van der Waals surface area contributed by atoms with Crippen molar-refractivity contribution in [3.63, 3.8) is 0 Å². The van der Waals surface area contributed by atoms with E-state index in [0.29, 0.717) is 5.75 Å². The van der Waals surface area contributed by atoms with Crippen LogP contribution in [0.2, 0.25) is 0 Å². The summed E-state index contributed by atoms with van der Waals surface area (Å²) in [5, 5.41) is 1.82.